The van der Waals surface area contributed by atoms with Crippen molar-refractivity contribution in [3.8, 4) is 0 Å². The Morgan fingerprint density at radius 3 is 2.53 bits per heavy atom. The predicted octanol–water partition coefficient (Wildman–Crippen LogP) is 1.23. The summed E-state index contributed by atoms with van der Waals surface area (Å²) in [6.45, 7) is 4.27. The van der Waals surface area contributed by atoms with Crippen molar-refractivity contribution >= 4 is 5.97 Å². The van der Waals surface area contributed by atoms with Gasteiger partial charge in [0.05, 0.1) is 6.61 Å². The Kier molecular flexibility index (Phi) is 4.31. The number of ether oxygens (including phenoxy) is 1. The minimum absolute atomic E-state index is 0.0235. The summed E-state index contributed by atoms with van der Waals surface area (Å²) in [5, 5.41) is 0. The maximum absolute atomic E-state index is 11.2. The number of rotatable bonds is 4. The number of esters is 1. The Morgan fingerprint density at radius 1 is 1.40 bits per heavy atom. The Morgan fingerprint density at radius 2 is 2.00 bits per heavy atom. The molecule has 1 aromatic carbocycles. The molecule has 0 aliphatic rings. The summed E-state index contributed by atoms with van der Waals surface area (Å²) in [4.78, 5) is 11.2. The molecule has 3 N–H and O–H groups in total. The van der Waals surface area contributed by atoms with Gasteiger partial charge in [-0.3, -0.25) is 4.79 Å². The number of carbonyl (C=O) groups is 1. The molecular formula is C12H18NO2+. The summed E-state index contributed by atoms with van der Waals surface area (Å²) in [5.74, 6) is -0.182. The summed E-state index contributed by atoms with van der Waals surface area (Å²) < 4.78 is 4.88. The molecule has 0 aromatic heterocycles. The average Bonchev–Trinajstić information content (AvgIpc) is 2.18. The lowest BCUT2D eigenvalue weighted by atomic mass is 10.0. The van der Waals surface area contributed by atoms with E-state index in [4.69, 9.17) is 4.74 Å². The third kappa shape index (κ3) is 3.72. The molecule has 1 aromatic rings. The summed E-state index contributed by atoms with van der Waals surface area (Å²) in [7, 11) is 0. The SMILES string of the molecule is CCOC(=O)C[C@H]([NH3+])c1ccc(C)cc1. The van der Waals surface area contributed by atoms with Crippen molar-refractivity contribution in [3.63, 3.8) is 0 Å². The average molecular weight is 208 g/mol. The Hall–Kier alpha value is -1.35. The zero-order valence-electron chi connectivity index (χ0n) is 9.32. The van der Waals surface area contributed by atoms with Crippen LogP contribution in [0.5, 0.6) is 0 Å². The zero-order chi connectivity index (χ0) is 11.3. The van der Waals surface area contributed by atoms with E-state index in [0.717, 1.165) is 5.56 Å². The van der Waals surface area contributed by atoms with Crippen LogP contribution in [0.1, 0.15) is 30.5 Å². The molecule has 0 saturated carbocycles. The van der Waals surface area contributed by atoms with Gasteiger partial charge in [0, 0.05) is 5.56 Å². The number of benzene rings is 1. The van der Waals surface area contributed by atoms with Crippen LogP contribution in [-0.4, -0.2) is 12.6 Å². The second-order valence-electron chi connectivity index (χ2n) is 3.62. The molecule has 3 nitrogen and oxygen atoms in total. The van der Waals surface area contributed by atoms with Gasteiger partial charge in [-0.1, -0.05) is 29.8 Å². The highest BCUT2D eigenvalue weighted by Crippen LogP contribution is 2.13. The van der Waals surface area contributed by atoms with Crippen molar-refractivity contribution in [2.75, 3.05) is 6.61 Å². The molecule has 0 radical (unpaired) electrons. The second-order valence-corrected chi connectivity index (χ2v) is 3.62. The molecule has 0 aliphatic heterocycles. The summed E-state index contributed by atoms with van der Waals surface area (Å²) in [6, 6.07) is 8.04. The van der Waals surface area contributed by atoms with E-state index < -0.39 is 0 Å². The van der Waals surface area contributed by atoms with Crippen LogP contribution in [0, 0.1) is 6.92 Å². The van der Waals surface area contributed by atoms with Crippen molar-refractivity contribution in [1.82, 2.24) is 0 Å². The maximum Gasteiger partial charge on any atom is 0.312 e. The summed E-state index contributed by atoms with van der Waals surface area (Å²) in [6.07, 6.45) is 0.344. The van der Waals surface area contributed by atoms with Crippen molar-refractivity contribution in [3.05, 3.63) is 35.4 Å². The fraction of sp³-hybridized carbons (Fsp3) is 0.417. The van der Waals surface area contributed by atoms with Crippen LogP contribution in [0.3, 0.4) is 0 Å². The number of quaternary nitrogens is 1. The summed E-state index contributed by atoms with van der Waals surface area (Å²) >= 11 is 0. The molecule has 0 fully saturated rings. The van der Waals surface area contributed by atoms with Gasteiger partial charge in [-0.05, 0) is 13.8 Å². The minimum Gasteiger partial charge on any atom is -0.466 e. The van der Waals surface area contributed by atoms with Crippen molar-refractivity contribution in [1.29, 1.82) is 0 Å². The number of aryl methyl sites for hydroxylation is 1. The third-order valence-corrected chi connectivity index (χ3v) is 2.27. The van der Waals surface area contributed by atoms with E-state index in [2.05, 4.69) is 5.73 Å². The van der Waals surface area contributed by atoms with Gasteiger partial charge in [0.25, 0.3) is 0 Å². The van der Waals surface area contributed by atoms with Gasteiger partial charge >= 0.3 is 5.97 Å². The van der Waals surface area contributed by atoms with E-state index in [1.165, 1.54) is 5.56 Å². The van der Waals surface area contributed by atoms with Crippen LogP contribution >= 0.6 is 0 Å². The van der Waals surface area contributed by atoms with Crippen molar-refractivity contribution < 1.29 is 15.3 Å². The van der Waals surface area contributed by atoms with Crippen molar-refractivity contribution in [2.24, 2.45) is 0 Å². The van der Waals surface area contributed by atoms with E-state index in [0.29, 0.717) is 13.0 Å². The van der Waals surface area contributed by atoms with E-state index in [1.807, 2.05) is 38.1 Å². The van der Waals surface area contributed by atoms with Gasteiger partial charge in [-0.2, -0.15) is 0 Å². The first-order valence-corrected chi connectivity index (χ1v) is 5.18. The van der Waals surface area contributed by atoms with Crippen LogP contribution in [0.2, 0.25) is 0 Å². The quantitative estimate of drug-likeness (QED) is 0.757. The largest absolute Gasteiger partial charge is 0.466 e. The first-order chi connectivity index (χ1) is 7.13. The molecule has 0 spiro atoms. The molecular weight excluding hydrogens is 190 g/mol. The molecule has 82 valence electrons. The predicted molar refractivity (Wildman–Crippen MR) is 58.1 cm³/mol. The molecule has 0 saturated heterocycles. The molecule has 0 aliphatic carbocycles. The minimum atomic E-state index is -0.182. The fourth-order valence-electron chi connectivity index (χ4n) is 1.38. The molecule has 0 amide bonds. The topological polar surface area (TPSA) is 53.9 Å². The van der Waals surface area contributed by atoms with E-state index in [9.17, 15) is 4.79 Å². The highest BCUT2D eigenvalue weighted by molar-refractivity contribution is 5.70. The van der Waals surface area contributed by atoms with Crippen LogP contribution in [0.15, 0.2) is 24.3 Å². The third-order valence-electron chi connectivity index (χ3n) is 2.27. The Bertz CT molecular complexity index is 319. The van der Waals surface area contributed by atoms with Crippen molar-refractivity contribution in [2.45, 2.75) is 26.3 Å². The van der Waals surface area contributed by atoms with Gasteiger partial charge in [0.2, 0.25) is 0 Å². The molecule has 1 atom stereocenters. The van der Waals surface area contributed by atoms with Crippen LogP contribution in [0.4, 0.5) is 0 Å². The van der Waals surface area contributed by atoms with E-state index >= 15 is 0 Å². The molecule has 3 heteroatoms. The van der Waals surface area contributed by atoms with Gasteiger partial charge in [-0.15, -0.1) is 0 Å². The first-order valence-electron chi connectivity index (χ1n) is 5.18. The van der Waals surface area contributed by atoms with Crippen LogP contribution in [-0.2, 0) is 9.53 Å². The lowest BCUT2D eigenvalue weighted by Gasteiger charge is -2.08. The Balaban J connectivity index is 2.57. The molecule has 0 bridgehead atoms. The normalized spacial score (nSPS) is 12.2. The number of hydrogen-bond acceptors (Lipinski definition) is 2. The standard InChI is InChI=1S/C12H17NO2/c1-3-15-12(14)8-11(13)10-6-4-9(2)5-7-10/h4-7,11H,3,8,13H2,1-2H3/p+1/t11-/m0/s1. The monoisotopic (exact) mass is 208 g/mol. The van der Waals surface area contributed by atoms with Gasteiger partial charge in [0.1, 0.15) is 12.5 Å². The number of hydrogen-bond donors (Lipinski definition) is 1. The van der Waals surface area contributed by atoms with Crippen LogP contribution in [0.25, 0.3) is 0 Å². The highest BCUT2D eigenvalue weighted by Gasteiger charge is 2.15. The maximum atomic E-state index is 11.2. The molecule has 0 unspecified atom stereocenters. The molecule has 1 rings (SSSR count). The first kappa shape index (κ1) is 11.7. The highest BCUT2D eigenvalue weighted by atomic mass is 16.5. The lowest BCUT2D eigenvalue weighted by Crippen LogP contribution is -2.54. The molecule has 0 heterocycles. The smallest absolute Gasteiger partial charge is 0.312 e. The van der Waals surface area contributed by atoms with Crippen LogP contribution < -0.4 is 5.73 Å². The lowest BCUT2D eigenvalue weighted by molar-refractivity contribution is -0.425. The van der Waals surface area contributed by atoms with E-state index in [-0.39, 0.29) is 12.0 Å². The Labute approximate surface area is 90.2 Å². The van der Waals surface area contributed by atoms with Gasteiger partial charge in [-0.25, -0.2) is 0 Å². The van der Waals surface area contributed by atoms with Gasteiger partial charge < -0.3 is 10.5 Å². The summed E-state index contributed by atoms with van der Waals surface area (Å²) in [5.41, 5.74) is 6.25. The number of carbonyl (C=O) groups excluding carboxylic acids is 1. The zero-order valence-corrected chi connectivity index (χ0v) is 9.32. The van der Waals surface area contributed by atoms with Gasteiger partial charge in [0.15, 0.2) is 0 Å². The fourth-order valence-corrected chi connectivity index (χ4v) is 1.38. The van der Waals surface area contributed by atoms with E-state index in [1.54, 1.807) is 0 Å². The molecule has 15 heavy (non-hydrogen) atoms. The second kappa shape index (κ2) is 5.51.